The summed E-state index contributed by atoms with van der Waals surface area (Å²) in [5, 5.41) is 0. The number of hydrogen-bond donors (Lipinski definition) is 0. The van der Waals surface area contributed by atoms with E-state index in [4.69, 9.17) is 0 Å². The Hall–Kier alpha value is -0.570. The molecule has 94 valence electrons. The van der Waals surface area contributed by atoms with Crippen LogP contribution in [0, 0.1) is 0 Å². The molecule has 1 heterocycles. The van der Waals surface area contributed by atoms with Crippen molar-refractivity contribution in [2.75, 3.05) is 32.7 Å². The highest BCUT2D eigenvalue weighted by Gasteiger charge is 2.19. The van der Waals surface area contributed by atoms with Gasteiger partial charge in [-0.2, -0.15) is 0 Å². The summed E-state index contributed by atoms with van der Waals surface area (Å²) in [6, 6.07) is 0. The standard InChI is InChI=1S/C13H26N2O/c1-3-5-6-8-14-9-11-15(12-10-14)13(16)7-4-2/h3-12H2,1-2H3. The van der Waals surface area contributed by atoms with Gasteiger partial charge in [-0.05, 0) is 19.4 Å². The molecule has 1 rings (SSSR count). The molecule has 3 heteroatoms. The minimum atomic E-state index is 0.343. The Morgan fingerprint density at radius 1 is 1.00 bits per heavy atom. The van der Waals surface area contributed by atoms with E-state index >= 15 is 0 Å². The summed E-state index contributed by atoms with van der Waals surface area (Å²) >= 11 is 0. The Morgan fingerprint density at radius 3 is 2.25 bits per heavy atom. The number of amides is 1. The molecule has 0 atom stereocenters. The second kappa shape index (κ2) is 7.66. The zero-order valence-corrected chi connectivity index (χ0v) is 10.9. The van der Waals surface area contributed by atoms with Crippen LogP contribution in [0.15, 0.2) is 0 Å². The fraction of sp³-hybridized carbons (Fsp3) is 0.923. The molecule has 0 N–H and O–H groups in total. The summed E-state index contributed by atoms with van der Waals surface area (Å²) in [5.74, 6) is 0.343. The third-order valence-electron chi connectivity index (χ3n) is 3.27. The van der Waals surface area contributed by atoms with E-state index in [2.05, 4.69) is 18.7 Å². The maximum atomic E-state index is 11.7. The van der Waals surface area contributed by atoms with E-state index in [-0.39, 0.29) is 0 Å². The number of rotatable bonds is 6. The van der Waals surface area contributed by atoms with Crippen LogP contribution in [0.5, 0.6) is 0 Å². The van der Waals surface area contributed by atoms with Crippen LogP contribution in [0.1, 0.15) is 46.0 Å². The normalized spacial score (nSPS) is 17.8. The zero-order chi connectivity index (χ0) is 11.8. The minimum Gasteiger partial charge on any atom is -0.340 e. The van der Waals surface area contributed by atoms with Gasteiger partial charge in [0.15, 0.2) is 0 Å². The fourth-order valence-electron chi connectivity index (χ4n) is 2.18. The van der Waals surface area contributed by atoms with Gasteiger partial charge < -0.3 is 4.90 Å². The molecule has 0 aromatic heterocycles. The predicted molar refractivity (Wildman–Crippen MR) is 67.5 cm³/mol. The van der Waals surface area contributed by atoms with Crippen molar-refractivity contribution in [2.45, 2.75) is 46.0 Å². The van der Waals surface area contributed by atoms with Crippen molar-refractivity contribution in [1.82, 2.24) is 9.80 Å². The summed E-state index contributed by atoms with van der Waals surface area (Å²) in [6.45, 7) is 9.53. The highest BCUT2D eigenvalue weighted by molar-refractivity contribution is 5.76. The SMILES string of the molecule is CCCCCN1CCN(C(=O)CCC)CC1. The molecule has 0 aliphatic carbocycles. The number of carbonyl (C=O) groups excluding carboxylic acids is 1. The van der Waals surface area contributed by atoms with Crippen LogP contribution in [0.25, 0.3) is 0 Å². The molecule has 3 nitrogen and oxygen atoms in total. The molecule has 1 saturated heterocycles. The predicted octanol–water partition coefficient (Wildman–Crippen LogP) is 2.12. The molecular formula is C13H26N2O. The Labute approximate surface area is 99.8 Å². The maximum Gasteiger partial charge on any atom is 0.222 e. The number of hydrogen-bond acceptors (Lipinski definition) is 2. The third kappa shape index (κ3) is 4.52. The number of piperazine rings is 1. The first kappa shape index (κ1) is 13.5. The largest absolute Gasteiger partial charge is 0.340 e. The van der Waals surface area contributed by atoms with Gasteiger partial charge in [0, 0.05) is 32.6 Å². The van der Waals surface area contributed by atoms with Gasteiger partial charge in [0.1, 0.15) is 0 Å². The second-order valence-electron chi connectivity index (χ2n) is 4.68. The second-order valence-corrected chi connectivity index (χ2v) is 4.68. The van der Waals surface area contributed by atoms with Gasteiger partial charge in [-0.15, -0.1) is 0 Å². The quantitative estimate of drug-likeness (QED) is 0.648. The molecule has 0 aromatic rings. The van der Waals surface area contributed by atoms with E-state index in [1.54, 1.807) is 0 Å². The molecule has 0 saturated carbocycles. The van der Waals surface area contributed by atoms with Gasteiger partial charge in [-0.1, -0.05) is 26.7 Å². The Balaban J connectivity index is 2.15. The van der Waals surface area contributed by atoms with Crippen molar-refractivity contribution in [1.29, 1.82) is 0 Å². The van der Waals surface area contributed by atoms with Crippen LogP contribution in [0.2, 0.25) is 0 Å². The molecule has 0 aromatic carbocycles. The first-order chi connectivity index (χ1) is 7.77. The molecule has 0 unspecified atom stereocenters. The smallest absolute Gasteiger partial charge is 0.222 e. The van der Waals surface area contributed by atoms with Crippen LogP contribution >= 0.6 is 0 Å². The Bertz CT molecular complexity index is 198. The van der Waals surface area contributed by atoms with Crippen molar-refractivity contribution in [3.63, 3.8) is 0 Å². The lowest BCUT2D eigenvalue weighted by Gasteiger charge is -2.34. The summed E-state index contributed by atoms with van der Waals surface area (Å²) in [7, 11) is 0. The molecule has 16 heavy (non-hydrogen) atoms. The van der Waals surface area contributed by atoms with Gasteiger partial charge in [0.25, 0.3) is 0 Å². The lowest BCUT2D eigenvalue weighted by atomic mass is 10.2. The first-order valence-electron chi connectivity index (χ1n) is 6.78. The molecule has 1 aliphatic heterocycles. The van der Waals surface area contributed by atoms with Crippen molar-refractivity contribution >= 4 is 5.91 Å². The van der Waals surface area contributed by atoms with Crippen molar-refractivity contribution in [3.05, 3.63) is 0 Å². The summed E-state index contributed by atoms with van der Waals surface area (Å²) < 4.78 is 0. The highest BCUT2D eigenvalue weighted by Crippen LogP contribution is 2.06. The van der Waals surface area contributed by atoms with Crippen molar-refractivity contribution < 1.29 is 4.79 Å². The lowest BCUT2D eigenvalue weighted by molar-refractivity contribution is -0.132. The molecule has 0 radical (unpaired) electrons. The highest BCUT2D eigenvalue weighted by atomic mass is 16.2. The van der Waals surface area contributed by atoms with Gasteiger partial charge >= 0.3 is 0 Å². The average molecular weight is 226 g/mol. The average Bonchev–Trinajstić information content (AvgIpc) is 2.30. The van der Waals surface area contributed by atoms with Gasteiger partial charge in [0.2, 0.25) is 5.91 Å². The van der Waals surface area contributed by atoms with Crippen LogP contribution in [-0.2, 0) is 4.79 Å². The van der Waals surface area contributed by atoms with E-state index in [9.17, 15) is 4.79 Å². The third-order valence-corrected chi connectivity index (χ3v) is 3.27. The molecule has 0 spiro atoms. The van der Waals surface area contributed by atoms with Gasteiger partial charge in [0.05, 0.1) is 0 Å². The van der Waals surface area contributed by atoms with E-state index in [1.165, 1.54) is 25.8 Å². The minimum absolute atomic E-state index is 0.343. The van der Waals surface area contributed by atoms with Crippen LogP contribution < -0.4 is 0 Å². The van der Waals surface area contributed by atoms with Crippen LogP contribution in [0.4, 0.5) is 0 Å². The number of nitrogens with zero attached hydrogens (tertiary/aromatic N) is 2. The van der Waals surface area contributed by atoms with Crippen molar-refractivity contribution in [2.24, 2.45) is 0 Å². The zero-order valence-electron chi connectivity index (χ0n) is 10.9. The van der Waals surface area contributed by atoms with Gasteiger partial charge in [-0.3, -0.25) is 9.69 Å². The first-order valence-corrected chi connectivity index (χ1v) is 6.78. The van der Waals surface area contributed by atoms with E-state index in [0.29, 0.717) is 5.91 Å². The van der Waals surface area contributed by atoms with E-state index in [1.807, 2.05) is 4.90 Å². The Kier molecular flexibility index (Phi) is 6.46. The monoisotopic (exact) mass is 226 g/mol. The topological polar surface area (TPSA) is 23.6 Å². The van der Waals surface area contributed by atoms with Crippen molar-refractivity contribution in [3.8, 4) is 0 Å². The van der Waals surface area contributed by atoms with Gasteiger partial charge in [-0.25, -0.2) is 0 Å². The van der Waals surface area contributed by atoms with E-state index < -0.39 is 0 Å². The molecule has 1 fully saturated rings. The molecule has 1 aliphatic rings. The molecular weight excluding hydrogens is 200 g/mol. The maximum absolute atomic E-state index is 11.7. The fourth-order valence-corrected chi connectivity index (χ4v) is 2.18. The van der Waals surface area contributed by atoms with Crippen LogP contribution in [-0.4, -0.2) is 48.4 Å². The number of carbonyl (C=O) groups is 1. The summed E-state index contributed by atoms with van der Waals surface area (Å²) in [4.78, 5) is 16.2. The molecule has 1 amide bonds. The summed E-state index contributed by atoms with van der Waals surface area (Å²) in [5.41, 5.74) is 0. The van der Waals surface area contributed by atoms with Crippen LogP contribution in [0.3, 0.4) is 0 Å². The molecule has 0 bridgehead atoms. The summed E-state index contributed by atoms with van der Waals surface area (Å²) in [6.07, 6.45) is 5.61. The Morgan fingerprint density at radius 2 is 1.69 bits per heavy atom. The van der Waals surface area contributed by atoms with E-state index in [0.717, 1.165) is 39.0 Å². The lowest BCUT2D eigenvalue weighted by Crippen LogP contribution is -2.48. The number of unbranched alkanes of at least 4 members (excludes halogenated alkanes) is 2.